The lowest BCUT2D eigenvalue weighted by Gasteiger charge is -2.46. The minimum absolute atomic E-state index is 0.629. The van der Waals surface area contributed by atoms with E-state index in [4.69, 9.17) is 0 Å². The summed E-state index contributed by atoms with van der Waals surface area (Å²) >= 11 is 0. The van der Waals surface area contributed by atoms with E-state index in [9.17, 15) is 0 Å². The van der Waals surface area contributed by atoms with Gasteiger partial charge in [0.15, 0.2) is 0 Å². The molecule has 69 heavy (non-hydrogen) atoms. The summed E-state index contributed by atoms with van der Waals surface area (Å²) in [5.41, 5.74) is 19.0. The minimum atomic E-state index is -0.629. The molecule has 1 heterocycles. The third kappa shape index (κ3) is 5.26. The molecule has 2 aliphatic carbocycles. The zero-order valence-corrected chi connectivity index (χ0v) is 37.6. The van der Waals surface area contributed by atoms with Crippen LogP contribution in [0.1, 0.15) is 22.3 Å². The molecule has 0 bridgehead atoms. The quantitative estimate of drug-likeness (QED) is 0.167. The summed E-state index contributed by atoms with van der Waals surface area (Å²) in [5, 5.41) is 9.95. The average Bonchev–Trinajstić information content (AvgIpc) is 3.75. The fourth-order valence-corrected chi connectivity index (χ4v) is 12.6. The van der Waals surface area contributed by atoms with Crippen LogP contribution in [0, 0.1) is 0 Å². The summed E-state index contributed by atoms with van der Waals surface area (Å²) in [5.74, 6) is 0. The van der Waals surface area contributed by atoms with Crippen LogP contribution >= 0.6 is 0 Å². The molecule has 2 aliphatic rings. The van der Waals surface area contributed by atoms with Crippen molar-refractivity contribution in [1.82, 2.24) is 4.57 Å². The van der Waals surface area contributed by atoms with Crippen LogP contribution < -0.4 is 4.90 Å². The molecule has 13 aromatic rings. The highest BCUT2D eigenvalue weighted by Crippen LogP contribution is 2.62. The molecule has 0 saturated heterocycles. The fraction of sp³-hybridized carbons (Fsp3) is 0.0149. The van der Waals surface area contributed by atoms with Crippen LogP contribution in [0.2, 0.25) is 0 Å². The van der Waals surface area contributed by atoms with E-state index in [1.807, 2.05) is 0 Å². The maximum absolute atomic E-state index is 2.53. The fourth-order valence-electron chi connectivity index (χ4n) is 12.6. The van der Waals surface area contributed by atoms with Crippen LogP contribution in [0.15, 0.2) is 255 Å². The molecule has 1 atom stereocenters. The number of anilines is 3. The van der Waals surface area contributed by atoms with Crippen LogP contribution in [0.25, 0.3) is 93.2 Å². The maximum atomic E-state index is 2.53. The van der Waals surface area contributed by atoms with Gasteiger partial charge in [0.25, 0.3) is 0 Å². The van der Waals surface area contributed by atoms with Gasteiger partial charge in [-0.1, -0.05) is 206 Å². The summed E-state index contributed by atoms with van der Waals surface area (Å²) in [6, 6.07) is 95.3. The second-order valence-corrected chi connectivity index (χ2v) is 18.7. The molecule has 0 N–H and O–H groups in total. The molecule has 2 nitrogen and oxygen atoms in total. The molecule has 0 amide bonds. The smallest absolute Gasteiger partial charge is 0.0726 e. The van der Waals surface area contributed by atoms with Crippen LogP contribution in [-0.4, -0.2) is 4.57 Å². The van der Waals surface area contributed by atoms with Crippen LogP contribution in [-0.2, 0) is 5.41 Å². The number of hydrogen-bond acceptors (Lipinski definition) is 1. The van der Waals surface area contributed by atoms with E-state index in [1.54, 1.807) is 0 Å². The van der Waals surface area contributed by atoms with Gasteiger partial charge in [-0.3, -0.25) is 0 Å². The molecule has 1 spiro atoms. The topological polar surface area (TPSA) is 8.17 Å². The first kappa shape index (κ1) is 38.2. The van der Waals surface area contributed by atoms with Crippen molar-refractivity contribution in [3.63, 3.8) is 0 Å². The summed E-state index contributed by atoms with van der Waals surface area (Å²) in [7, 11) is 0. The molecule has 0 aliphatic heterocycles. The predicted molar refractivity (Wildman–Crippen MR) is 290 cm³/mol. The summed E-state index contributed by atoms with van der Waals surface area (Å²) in [6.07, 6.45) is 0. The Hall–Kier alpha value is -8.98. The molecule has 320 valence electrons. The van der Waals surface area contributed by atoms with Crippen LogP contribution in [0.4, 0.5) is 17.1 Å². The number of hydrogen-bond donors (Lipinski definition) is 0. The monoisotopic (exact) mass is 874 g/mol. The van der Waals surface area contributed by atoms with Gasteiger partial charge in [-0.15, -0.1) is 0 Å². The third-order valence-electron chi connectivity index (χ3n) is 15.4. The summed E-state index contributed by atoms with van der Waals surface area (Å²) in [6.45, 7) is 0. The highest BCUT2D eigenvalue weighted by molar-refractivity contribution is 6.16. The number of nitrogens with zero attached hydrogens (tertiary/aromatic N) is 2. The molecule has 0 saturated carbocycles. The first-order valence-electron chi connectivity index (χ1n) is 24.0. The van der Waals surface area contributed by atoms with E-state index < -0.39 is 5.41 Å². The van der Waals surface area contributed by atoms with Crippen LogP contribution in [0.5, 0.6) is 0 Å². The van der Waals surface area contributed by atoms with Gasteiger partial charge in [-0.05, 0) is 126 Å². The van der Waals surface area contributed by atoms with Crippen molar-refractivity contribution in [3.05, 3.63) is 277 Å². The molecule has 12 aromatic carbocycles. The Kier molecular flexibility index (Phi) is 8.02. The van der Waals surface area contributed by atoms with E-state index >= 15 is 0 Å². The molecule has 1 aromatic heterocycles. The van der Waals surface area contributed by atoms with Gasteiger partial charge in [0, 0.05) is 32.9 Å². The number of para-hydroxylation sites is 2. The van der Waals surface area contributed by atoms with Gasteiger partial charge in [0.2, 0.25) is 0 Å². The first-order valence-corrected chi connectivity index (χ1v) is 24.0. The SMILES string of the molecule is c1ccc(-c2ccc3c(c2)C2(c4ccccc4-c4cccc5cccc2c45)c2cccc4c(N(c5ccc6c7ccccc7n(-c7ccccc7)c6c5)c5cccc6ccccc56)ccc-3c24)cc1. The van der Waals surface area contributed by atoms with Gasteiger partial charge in [0.05, 0.1) is 27.8 Å². The largest absolute Gasteiger partial charge is 0.309 e. The van der Waals surface area contributed by atoms with Crippen molar-refractivity contribution < 1.29 is 0 Å². The Labute approximate surface area is 400 Å². The zero-order valence-electron chi connectivity index (χ0n) is 37.6. The Morgan fingerprint density at radius 1 is 0.304 bits per heavy atom. The number of benzene rings is 12. The third-order valence-corrected chi connectivity index (χ3v) is 15.4. The van der Waals surface area contributed by atoms with E-state index in [0.29, 0.717) is 0 Å². The standard InChI is InChI=1S/C67H42N2/c1-3-17-43(18-4-1)46-35-37-51-55-39-40-63(56-29-16-32-59(66(55)56)67(60(51)41-46)57-30-11-9-26-50(57)54-28-13-21-45-22-14-31-58(67)65(45)54)69(61-34-15-20-44-19-7-8-25-49(44)61)48-36-38-53-52-27-10-12-33-62(52)68(64(53)42-48)47-23-5-2-6-24-47/h1-42H. The number of fused-ring (bicyclic) bond motifs is 12. The Balaban J connectivity index is 1.08. The van der Waals surface area contributed by atoms with E-state index in [-0.39, 0.29) is 0 Å². The lowest BCUT2D eigenvalue weighted by Crippen LogP contribution is -2.36. The van der Waals surface area contributed by atoms with Gasteiger partial charge in [-0.2, -0.15) is 0 Å². The molecular weight excluding hydrogens is 833 g/mol. The van der Waals surface area contributed by atoms with E-state index in [1.165, 1.54) is 110 Å². The van der Waals surface area contributed by atoms with Gasteiger partial charge < -0.3 is 9.47 Å². The van der Waals surface area contributed by atoms with Crippen molar-refractivity contribution in [2.45, 2.75) is 5.41 Å². The molecular formula is C67H42N2. The minimum Gasteiger partial charge on any atom is -0.309 e. The molecule has 0 radical (unpaired) electrons. The Bertz CT molecular complexity index is 4250. The van der Waals surface area contributed by atoms with Gasteiger partial charge >= 0.3 is 0 Å². The molecule has 15 rings (SSSR count). The van der Waals surface area contributed by atoms with Gasteiger partial charge in [-0.25, -0.2) is 0 Å². The van der Waals surface area contributed by atoms with Gasteiger partial charge in [0.1, 0.15) is 0 Å². The summed E-state index contributed by atoms with van der Waals surface area (Å²) < 4.78 is 2.43. The summed E-state index contributed by atoms with van der Waals surface area (Å²) in [4.78, 5) is 2.53. The lowest BCUT2D eigenvalue weighted by molar-refractivity contribution is 0.755. The maximum Gasteiger partial charge on any atom is 0.0726 e. The highest BCUT2D eigenvalue weighted by Gasteiger charge is 2.49. The normalized spacial score (nSPS) is 14.4. The Morgan fingerprint density at radius 3 is 1.77 bits per heavy atom. The second-order valence-electron chi connectivity index (χ2n) is 18.7. The second kappa shape index (κ2) is 14.5. The predicted octanol–water partition coefficient (Wildman–Crippen LogP) is 17.7. The average molecular weight is 875 g/mol. The van der Waals surface area contributed by atoms with Crippen molar-refractivity contribution in [2.24, 2.45) is 0 Å². The number of aromatic nitrogens is 1. The molecule has 2 heteroatoms. The van der Waals surface area contributed by atoms with Crippen molar-refractivity contribution in [1.29, 1.82) is 0 Å². The van der Waals surface area contributed by atoms with Crippen LogP contribution in [0.3, 0.4) is 0 Å². The van der Waals surface area contributed by atoms with E-state index in [2.05, 4.69) is 264 Å². The van der Waals surface area contributed by atoms with Crippen molar-refractivity contribution in [2.75, 3.05) is 4.90 Å². The number of rotatable bonds is 5. The van der Waals surface area contributed by atoms with E-state index in [0.717, 1.165) is 22.7 Å². The first-order chi connectivity index (χ1) is 34.3. The zero-order chi connectivity index (χ0) is 45.2. The van der Waals surface area contributed by atoms with Crippen molar-refractivity contribution >= 4 is 71.2 Å². The van der Waals surface area contributed by atoms with Crippen molar-refractivity contribution in [3.8, 4) is 39.1 Å². The molecule has 0 fully saturated rings. The Morgan fingerprint density at radius 2 is 0.884 bits per heavy atom. The molecule has 1 unspecified atom stereocenters. The highest BCUT2D eigenvalue weighted by atomic mass is 15.1. The lowest BCUT2D eigenvalue weighted by atomic mass is 9.55.